The summed E-state index contributed by atoms with van der Waals surface area (Å²) in [6.07, 6.45) is 5.19. The molecule has 1 saturated heterocycles. The molecule has 2 aromatic carbocycles. The van der Waals surface area contributed by atoms with Crippen molar-refractivity contribution >= 4 is 28.2 Å². The van der Waals surface area contributed by atoms with Crippen molar-refractivity contribution in [1.82, 2.24) is 4.98 Å². The number of aromatic nitrogens is 1. The summed E-state index contributed by atoms with van der Waals surface area (Å²) in [6.45, 7) is 6.49. The molecule has 0 amide bonds. The lowest BCUT2D eigenvalue weighted by Gasteiger charge is -2.25. The van der Waals surface area contributed by atoms with Crippen molar-refractivity contribution in [3.63, 3.8) is 0 Å². The number of Topliss-reactive ketones (excluding diaryl/α,β-unsaturated/α-hetero) is 1. The van der Waals surface area contributed by atoms with Gasteiger partial charge in [0.15, 0.2) is 10.9 Å². The molecule has 1 aromatic heterocycles. The van der Waals surface area contributed by atoms with Gasteiger partial charge in [-0.25, -0.2) is 9.78 Å². The standard InChI is InChI=1S/C29H34N2O3S/c1-20(2)24-9-5-6-10-25(24)26(27(32)21-11-13-22(14-12-21)28(33)34-3)16-15-23-19-35-29(30-23)31-17-7-4-8-18-31/h5-6,9-14,19-20,26H,4,7-8,15-18H2,1-3H3. The summed E-state index contributed by atoms with van der Waals surface area (Å²) >= 11 is 1.71. The molecule has 4 rings (SSSR count). The van der Waals surface area contributed by atoms with Gasteiger partial charge in [0.05, 0.1) is 18.4 Å². The molecule has 0 N–H and O–H groups in total. The number of methoxy groups -OCH3 is 1. The van der Waals surface area contributed by atoms with Crippen LogP contribution < -0.4 is 4.90 Å². The van der Waals surface area contributed by atoms with Gasteiger partial charge >= 0.3 is 5.97 Å². The maximum Gasteiger partial charge on any atom is 0.337 e. The van der Waals surface area contributed by atoms with E-state index in [1.54, 1.807) is 35.6 Å². The minimum atomic E-state index is -0.404. The summed E-state index contributed by atoms with van der Waals surface area (Å²) in [4.78, 5) is 32.9. The number of piperidine rings is 1. The largest absolute Gasteiger partial charge is 0.465 e. The van der Waals surface area contributed by atoms with Gasteiger partial charge < -0.3 is 9.64 Å². The van der Waals surface area contributed by atoms with E-state index >= 15 is 0 Å². The molecule has 0 aliphatic carbocycles. The highest BCUT2D eigenvalue weighted by atomic mass is 32.1. The summed E-state index contributed by atoms with van der Waals surface area (Å²) in [7, 11) is 1.36. The number of nitrogens with zero attached hydrogens (tertiary/aromatic N) is 2. The molecule has 1 aliphatic heterocycles. The van der Waals surface area contributed by atoms with Gasteiger partial charge in [-0.3, -0.25) is 4.79 Å². The number of thiazole rings is 1. The lowest BCUT2D eigenvalue weighted by Crippen LogP contribution is -2.29. The van der Waals surface area contributed by atoms with Gasteiger partial charge in [0.2, 0.25) is 0 Å². The van der Waals surface area contributed by atoms with Crippen molar-refractivity contribution in [2.75, 3.05) is 25.1 Å². The van der Waals surface area contributed by atoms with Gasteiger partial charge in [-0.1, -0.05) is 50.2 Å². The number of hydrogen-bond donors (Lipinski definition) is 0. The number of rotatable bonds is 9. The van der Waals surface area contributed by atoms with Crippen LogP contribution in [0.4, 0.5) is 5.13 Å². The van der Waals surface area contributed by atoms with Crippen LogP contribution in [0.15, 0.2) is 53.9 Å². The van der Waals surface area contributed by atoms with E-state index in [0.717, 1.165) is 35.9 Å². The van der Waals surface area contributed by atoms with Gasteiger partial charge in [0, 0.05) is 30.0 Å². The van der Waals surface area contributed by atoms with Crippen LogP contribution in [0.3, 0.4) is 0 Å². The van der Waals surface area contributed by atoms with E-state index in [-0.39, 0.29) is 11.7 Å². The SMILES string of the molecule is COC(=O)c1ccc(C(=O)C(CCc2csc(N3CCCCC3)n2)c2ccccc2C(C)C)cc1. The Morgan fingerprint density at radius 1 is 0.971 bits per heavy atom. The number of aryl methyl sites for hydroxylation is 1. The predicted molar refractivity (Wildman–Crippen MR) is 142 cm³/mol. The van der Waals surface area contributed by atoms with Crippen LogP contribution in [0.5, 0.6) is 0 Å². The van der Waals surface area contributed by atoms with E-state index in [2.05, 4.69) is 36.3 Å². The first-order chi connectivity index (χ1) is 17.0. The molecule has 1 fully saturated rings. The quantitative estimate of drug-likeness (QED) is 0.248. The number of ether oxygens (including phenoxy) is 1. The van der Waals surface area contributed by atoms with E-state index in [1.807, 2.05) is 12.1 Å². The van der Waals surface area contributed by atoms with E-state index in [0.29, 0.717) is 23.5 Å². The van der Waals surface area contributed by atoms with Crippen LogP contribution in [0.25, 0.3) is 0 Å². The topological polar surface area (TPSA) is 59.5 Å². The average Bonchev–Trinajstić information content (AvgIpc) is 3.38. The molecule has 1 aliphatic rings. The fourth-order valence-corrected chi connectivity index (χ4v) is 5.72. The van der Waals surface area contributed by atoms with E-state index < -0.39 is 5.97 Å². The molecule has 0 bridgehead atoms. The zero-order valence-corrected chi connectivity index (χ0v) is 21.6. The third-order valence-corrected chi connectivity index (χ3v) is 7.71. The van der Waals surface area contributed by atoms with E-state index in [1.165, 1.54) is 31.9 Å². The van der Waals surface area contributed by atoms with Crippen molar-refractivity contribution in [2.45, 2.75) is 57.8 Å². The van der Waals surface area contributed by atoms with Crippen LogP contribution in [0.2, 0.25) is 0 Å². The fraction of sp³-hybridized carbons (Fsp3) is 0.414. The zero-order chi connectivity index (χ0) is 24.8. The predicted octanol–water partition coefficient (Wildman–Crippen LogP) is 6.64. The van der Waals surface area contributed by atoms with Crippen LogP contribution >= 0.6 is 11.3 Å². The second-order valence-electron chi connectivity index (χ2n) is 9.48. The number of benzene rings is 2. The second kappa shape index (κ2) is 11.6. The number of carbonyl (C=O) groups excluding carboxylic acids is 2. The monoisotopic (exact) mass is 490 g/mol. The Hall–Kier alpha value is -2.99. The van der Waals surface area contributed by atoms with E-state index in [9.17, 15) is 9.59 Å². The molecule has 35 heavy (non-hydrogen) atoms. The molecule has 0 radical (unpaired) electrons. The van der Waals surface area contributed by atoms with Crippen molar-refractivity contribution in [1.29, 1.82) is 0 Å². The van der Waals surface area contributed by atoms with Gasteiger partial charge in [-0.05, 0) is 61.3 Å². The summed E-state index contributed by atoms with van der Waals surface area (Å²) < 4.78 is 4.80. The number of carbonyl (C=O) groups is 2. The molecule has 1 atom stereocenters. The molecule has 2 heterocycles. The fourth-order valence-electron chi connectivity index (χ4n) is 4.81. The highest BCUT2D eigenvalue weighted by Gasteiger charge is 2.26. The number of ketones is 1. The normalized spacial score (nSPS) is 14.7. The van der Waals surface area contributed by atoms with Gasteiger partial charge in [0.25, 0.3) is 0 Å². The second-order valence-corrected chi connectivity index (χ2v) is 10.3. The van der Waals surface area contributed by atoms with Crippen molar-refractivity contribution in [3.8, 4) is 0 Å². The molecular formula is C29H34N2O3S. The van der Waals surface area contributed by atoms with Gasteiger partial charge in [0.1, 0.15) is 0 Å². The van der Waals surface area contributed by atoms with Gasteiger partial charge in [-0.15, -0.1) is 11.3 Å². The van der Waals surface area contributed by atoms with Gasteiger partial charge in [-0.2, -0.15) is 0 Å². The van der Waals surface area contributed by atoms with Crippen LogP contribution in [0.1, 0.15) is 88.9 Å². The van der Waals surface area contributed by atoms with Crippen LogP contribution in [-0.4, -0.2) is 36.9 Å². The third-order valence-electron chi connectivity index (χ3n) is 6.76. The maximum absolute atomic E-state index is 13.8. The van der Waals surface area contributed by atoms with Crippen molar-refractivity contribution < 1.29 is 14.3 Å². The Kier molecular flexibility index (Phi) is 8.34. The summed E-state index contributed by atoms with van der Waals surface area (Å²) in [6, 6.07) is 15.0. The maximum atomic E-state index is 13.8. The summed E-state index contributed by atoms with van der Waals surface area (Å²) in [5.41, 5.74) is 4.38. The Morgan fingerprint density at radius 2 is 1.63 bits per heavy atom. The average molecular weight is 491 g/mol. The summed E-state index contributed by atoms with van der Waals surface area (Å²) in [5, 5.41) is 3.24. The van der Waals surface area contributed by atoms with Crippen molar-refractivity contribution in [2.24, 2.45) is 0 Å². The molecule has 6 heteroatoms. The first-order valence-corrected chi connectivity index (χ1v) is 13.4. The summed E-state index contributed by atoms with van der Waals surface area (Å²) in [5.74, 6) is -0.300. The van der Waals surface area contributed by atoms with Crippen molar-refractivity contribution in [3.05, 3.63) is 81.9 Å². The Labute approximate surface area is 212 Å². The molecule has 3 aromatic rings. The molecule has 184 valence electrons. The lowest BCUT2D eigenvalue weighted by atomic mass is 9.81. The smallest absolute Gasteiger partial charge is 0.337 e. The number of anilines is 1. The highest BCUT2D eigenvalue weighted by molar-refractivity contribution is 7.13. The Balaban J connectivity index is 1.58. The minimum Gasteiger partial charge on any atom is -0.465 e. The molecule has 0 spiro atoms. The molecule has 5 nitrogen and oxygen atoms in total. The minimum absolute atomic E-state index is 0.0704. The third kappa shape index (κ3) is 5.99. The first-order valence-electron chi connectivity index (χ1n) is 12.5. The molecule has 0 saturated carbocycles. The molecular weight excluding hydrogens is 456 g/mol. The highest BCUT2D eigenvalue weighted by Crippen LogP contribution is 2.33. The number of hydrogen-bond acceptors (Lipinski definition) is 6. The Bertz CT molecular complexity index is 1150. The van der Waals surface area contributed by atoms with Crippen LogP contribution in [0, 0.1) is 0 Å². The molecule has 1 unspecified atom stereocenters. The number of esters is 1. The zero-order valence-electron chi connectivity index (χ0n) is 20.8. The first kappa shape index (κ1) is 25.1. The lowest BCUT2D eigenvalue weighted by molar-refractivity contribution is 0.0600. The van der Waals surface area contributed by atoms with E-state index in [4.69, 9.17) is 9.72 Å². The van der Waals surface area contributed by atoms with Crippen LogP contribution in [-0.2, 0) is 11.2 Å². The Morgan fingerprint density at radius 3 is 2.29 bits per heavy atom.